The number of hydrogen-bond acceptors (Lipinski definition) is 3. The number of ether oxygens (including phenoxy) is 1. The Hall–Kier alpha value is -1.29. The van der Waals surface area contributed by atoms with Gasteiger partial charge in [0.15, 0.2) is 0 Å². The van der Waals surface area contributed by atoms with Crippen molar-refractivity contribution in [3.63, 3.8) is 0 Å². The maximum Gasteiger partial charge on any atom is 0.141 e. The number of anilines is 1. The van der Waals surface area contributed by atoms with Crippen LogP contribution in [-0.4, -0.2) is 12.1 Å². The minimum absolute atomic E-state index is 0.337. The average molecular weight is 182 g/mol. The molecule has 0 fully saturated rings. The lowest BCUT2D eigenvalue weighted by Gasteiger charge is -2.05. The molecule has 4 N–H and O–H groups in total. The topological polar surface area (TPSA) is 61.3 Å². The fourth-order valence-electron chi connectivity index (χ4n) is 0.888. The maximum absolute atomic E-state index is 5.63. The zero-order valence-electron chi connectivity index (χ0n) is 6.70. The van der Waals surface area contributed by atoms with E-state index >= 15 is 0 Å². The van der Waals surface area contributed by atoms with Crippen molar-refractivity contribution in [2.75, 3.05) is 12.8 Å². The number of thiocarbonyl (C=S) groups is 1. The first kappa shape index (κ1) is 8.80. The molecule has 4 heteroatoms. The summed E-state index contributed by atoms with van der Waals surface area (Å²) in [6.45, 7) is 0. The van der Waals surface area contributed by atoms with E-state index in [9.17, 15) is 0 Å². The third-order valence-electron chi connectivity index (χ3n) is 1.51. The number of benzene rings is 1. The molecule has 0 saturated carbocycles. The Kier molecular flexibility index (Phi) is 2.50. The van der Waals surface area contributed by atoms with Gasteiger partial charge in [0.2, 0.25) is 0 Å². The third kappa shape index (κ3) is 1.65. The minimum atomic E-state index is 0.337. The van der Waals surface area contributed by atoms with Gasteiger partial charge in [0.25, 0.3) is 0 Å². The molecule has 0 atom stereocenters. The molecule has 0 aliphatic rings. The quantitative estimate of drug-likeness (QED) is 0.527. The summed E-state index contributed by atoms with van der Waals surface area (Å²) < 4.78 is 4.97. The molecule has 1 aromatic carbocycles. The van der Waals surface area contributed by atoms with E-state index in [4.69, 9.17) is 28.4 Å². The molecule has 0 radical (unpaired) electrons. The molecular formula is C8H10N2OS. The summed E-state index contributed by atoms with van der Waals surface area (Å²) in [4.78, 5) is 0.337. The van der Waals surface area contributed by atoms with Crippen molar-refractivity contribution < 1.29 is 4.74 Å². The SMILES string of the molecule is COc1ccc(C(N)=S)cc1N. The normalized spacial score (nSPS) is 9.42. The van der Waals surface area contributed by atoms with Crippen molar-refractivity contribution >= 4 is 22.9 Å². The van der Waals surface area contributed by atoms with Gasteiger partial charge in [-0.25, -0.2) is 0 Å². The summed E-state index contributed by atoms with van der Waals surface area (Å²) in [7, 11) is 1.56. The van der Waals surface area contributed by atoms with Crippen LogP contribution in [-0.2, 0) is 0 Å². The van der Waals surface area contributed by atoms with E-state index in [-0.39, 0.29) is 0 Å². The van der Waals surface area contributed by atoms with Crippen LogP contribution in [0.5, 0.6) is 5.75 Å². The van der Waals surface area contributed by atoms with Crippen LogP contribution in [0.2, 0.25) is 0 Å². The van der Waals surface area contributed by atoms with Crippen molar-refractivity contribution in [1.82, 2.24) is 0 Å². The van der Waals surface area contributed by atoms with Gasteiger partial charge in [0.05, 0.1) is 12.8 Å². The molecule has 0 saturated heterocycles. The second kappa shape index (κ2) is 3.40. The van der Waals surface area contributed by atoms with E-state index in [2.05, 4.69) is 0 Å². The van der Waals surface area contributed by atoms with Crippen LogP contribution in [0.25, 0.3) is 0 Å². The van der Waals surface area contributed by atoms with Gasteiger partial charge in [-0.1, -0.05) is 12.2 Å². The summed E-state index contributed by atoms with van der Waals surface area (Å²) in [5.74, 6) is 0.634. The van der Waals surface area contributed by atoms with Gasteiger partial charge in [-0.2, -0.15) is 0 Å². The molecule has 0 aliphatic carbocycles. The molecule has 12 heavy (non-hydrogen) atoms. The zero-order valence-corrected chi connectivity index (χ0v) is 7.52. The van der Waals surface area contributed by atoms with E-state index in [0.29, 0.717) is 16.4 Å². The maximum atomic E-state index is 5.63. The van der Waals surface area contributed by atoms with Crippen molar-refractivity contribution in [3.05, 3.63) is 23.8 Å². The molecule has 0 bridgehead atoms. The van der Waals surface area contributed by atoms with Crippen LogP contribution in [0.1, 0.15) is 5.56 Å². The van der Waals surface area contributed by atoms with Crippen molar-refractivity contribution in [1.29, 1.82) is 0 Å². The molecule has 0 spiro atoms. The smallest absolute Gasteiger partial charge is 0.141 e. The van der Waals surface area contributed by atoms with Crippen LogP contribution >= 0.6 is 12.2 Å². The zero-order chi connectivity index (χ0) is 9.14. The standard InChI is InChI=1S/C8H10N2OS/c1-11-7-3-2-5(8(10)12)4-6(7)9/h2-4H,9H2,1H3,(H2,10,12). The summed E-state index contributed by atoms with van der Waals surface area (Å²) in [6, 6.07) is 5.21. The minimum Gasteiger partial charge on any atom is -0.495 e. The van der Waals surface area contributed by atoms with Crippen LogP contribution in [0.15, 0.2) is 18.2 Å². The Morgan fingerprint density at radius 1 is 1.50 bits per heavy atom. The molecule has 0 aromatic heterocycles. The molecule has 0 amide bonds. The second-order valence-electron chi connectivity index (χ2n) is 2.32. The van der Waals surface area contributed by atoms with E-state index in [1.807, 2.05) is 0 Å². The molecule has 3 nitrogen and oxygen atoms in total. The summed E-state index contributed by atoms with van der Waals surface area (Å²) in [5, 5.41) is 0. The first-order chi connectivity index (χ1) is 5.65. The van der Waals surface area contributed by atoms with Gasteiger partial charge in [0, 0.05) is 5.56 Å². The van der Waals surface area contributed by atoms with E-state index in [1.165, 1.54) is 0 Å². The van der Waals surface area contributed by atoms with Crippen LogP contribution in [0, 0.1) is 0 Å². The first-order valence-electron chi connectivity index (χ1n) is 3.38. The van der Waals surface area contributed by atoms with Gasteiger partial charge in [-0.15, -0.1) is 0 Å². The Bertz CT molecular complexity index is 312. The van der Waals surface area contributed by atoms with Gasteiger partial charge < -0.3 is 16.2 Å². The van der Waals surface area contributed by atoms with Crippen LogP contribution < -0.4 is 16.2 Å². The van der Waals surface area contributed by atoms with Gasteiger partial charge >= 0.3 is 0 Å². The Morgan fingerprint density at radius 3 is 2.58 bits per heavy atom. The summed E-state index contributed by atoms with van der Waals surface area (Å²) >= 11 is 4.78. The van der Waals surface area contributed by atoms with Crippen molar-refractivity contribution in [2.24, 2.45) is 5.73 Å². The fourth-order valence-corrected chi connectivity index (χ4v) is 1.01. The van der Waals surface area contributed by atoms with Gasteiger partial charge in [0.1, 0.15) is 10.7 Å². The molecule has 0 unspecified atom stereocenters. The first-order valence-corrected chi connectivity index (χ1v) is 3.79. The molecule has 1 aromatic rings. The van der Waals surface area contributed by atoms with E-state index in [0.717, 1.165) is 5.56 Å². The van der Waals surface area contributed by atoms with Crippen LogP contribution in [0.4, 0.5) is 5.69 Å². The van der Waals surface area contributed by atoms with E-state index < -0.39 is 0 Å². The Balaban J connectivity index is 3.10. The highest BCUT2D eigenvalue weighted by Crippen LogP contribution is 2.21. The van der Waals surface area contributed by atoms with Crippen molar-refractivity contribution in [3.8, 4) is 5.75 Å². The Morgan fingerprint density at radius 2 is 2.17 bits per heavy atom. The highest BCUT2D eigenvalue weighted by atomic mass is 32.1. The fraction of sp³-hybridized carbons (Fsp3) is 0.125. The number of rotatable bonds is 2. The number of methoxy groups -OCH3 is 1. The average Bonchev–Trinajstić information content (AvgIpc) is 2.04. The summed E-state index contributed by atoms with van der Waals surface area (Å²) in [6.07, 6.45) is 0. The predicted octanol–water partition coefficient (Wildman–Crippen LogP) is 0.912. The number of nitrogen functional groups attached to an aromatic ring is 1. The monoisotopic (exact) mass is 182 g/mol. The van der Waals surface area contributed by atoms with Gasteiger partial charge in [-0.3, -0.25) is 0 Å². The largest absolute Gasteiger partial charge is 0.495 e. The van der Waals surface area contributed by atoms with Gasteiger partial charge in [-0.05, 0) is 18.2 Å². The molecular weight excluding hydrogens is 172 g/mol. The second-order valence-corrected chi connectivity index (χ2v) is 2.76. The predicted molar refractivity (Wildman–Crippen MR) is 53.3 cm³/mol. The van der Waals surface area contributed by atoms with E-state index in [1.54, 1.807) is 25.3 Å². The van der Waals surface area contributed by atoms with Crippen LogP contribution in [0.3, 0.4) is 0 Å². The molecule has 0 heterocycles. The lowest BCUT2D eigenvalue weighted by atomic mass is 10.2. The highest BCUT2D eigenvalue weighted by Gasteiger charge is 2.01. The number of hydrogen-bond donors (Lipinski definition) is 2. The highest BCUT2D eigenvalue weighted by molar-refractivity contribution is 7.80. The number of nitrogens with two attached hydrogens (primary N) is 2. The van der Waals surface area contributed by atoms with Crippen molar-refractivity contribution in [2.45, 2.75) is 0 Å². The lowest BCUT2D eigenvalue weighted by Crippen LogP contribution is -2.09. The Labute approximate surface area is 76.3 Å². The molecule has 64 valence electrons. The summed E-state index contributed by atoms with van der Waals surface area (Å²) in [5.41, 5.74) is 12.3. The molecule has 0 aliphatic heterocycles. The third-order valence-corrected chi connectivity index (χ3v) is 1.75. The lowest BCUT2D eigenvalue weighted by molar-refractivity contribution is 0.417. The molecule has 1 rings (SSSR count).